The molecule has 0 spiro atoms. The average molecular weight is 313 g/mol. The Labute approximate surface area is 134 Å². The summed E-state index contributed by atoms with van der Waals surface area (Å²) in [7, 11) is 0. The van der Waals surface area contributed by atoms with Crippen LogP contribution in [0, 0.1) is 11.8 Å². The molecule has 0 radical (unpaired) electrons. The van der Waals surface area contributed by atoms with E-state index in [9.17, 15) is 0 Å². The normalized spacial score (nSPS) is 44.1. The van der Waals surface area contributed by atoms with Gasteiger partial charge in [-0.1, -0.05) is 41.5 Å². The van der Waals surface area contributed by atoms with E-state index in [1.54, 1.807) is 6.42 Å². The SMILES string of the molecule is CC(C)(C)SC12CC3CC(C1)CC(SC(C)(C)C)(C3)C2. The molecule has 0 aromatic carbocycles. The highest BCUT2D eigenvalue weighted by molar-refractivity contribution is 8.03. The first-order chi connectivity index (χ1) is 8.99. The average Bonchev–Trinajstić information content (AvgIpc) is 2.04. The van der Waals surface area contributed by atoms with Crippen molar-refractivity contribution >= 4 is 23.5 Å². The first kappa shape index (κ1) is 15.6. The van der Waals surface area contributed by atoms with Gasteiger partial charge in [-0.05, 0) is 50.4 Å². The molecule has 2 heteroatoms. The van der Waals surface area contributed by atoms with E-state index in [0.717, 1.165) is 11.8 Å². The van der Waals surface area contributed by atoms with Crippen molar-refractivity contribution in [3.63, 3.8) is 0 Å². The molecule has 4 bridgehead atoms. The van der Waals surface area contributed by atoms with Gasteiger partial charge in [0.15, 0.2) is 0 Å². The monoisotopic (exact) mass is 312 g/mol. The van der Waals surface area contributed by atoms with Crippen LogP contribution in [0.3, 0.4) is 0 Å². The van der Waals surface area contributed by atoms with Crippen molar-refractivity contribution in [3.05, 3.63) is 0 Å². The summed E-state index contributed by atoms with van der Waals surface area (Å²) in [6, 6.07) is 0. The zero-order valence-corrected chi connectivity index (χ0v) is 15.8. The summed E-state index contributed by atoms with van der Waals surface area (Å²) in [6.07, 6.45) is 9.07. The fourth-order valence-corrected chi connectivity index (χ4v) is 10.3. The van der Waals surface area contributed by atoms with Gasteiger partial charge in [0.1, 0.15) is 0 Å². The van der Waals surface area contributed by atoms with Crippen LogP contribution in [-0.2, 0) is 0 Å². The second-order valence-corrected chi connectivity index (χ2v) is 14.3. The molecule has 0 atom stereocenters. The lowest BCUT2D eigenvalue weighted by Crippen LogP contribution is -2.57. The topological polar surface area (TPSA) is 0 Å². The first-order valence-electron chi connectivity index (χ1n) is 8.39. The van der Waals surface area contributed by atoms with Crippen LogP contribution in [0.1, 0.15) is 80.1 Å². The molecule has 4 aliphatic carbocycles. The maximum Gasteiger partial charge on any atom is 0.0183 e. The van der Waals surface area contributed by atoms with Gasteiger partial charge >= 0.3 is 0 Å². The van der Waals surface area contributed by atoms with Gasteiger partial charge in [-0.2, -0.15) is 0 Å². The quantitative estimate of drug-likeness (QED) is 0.600. The van der Waals surface area contributed by atoms with E-state index in [0.29, 0.717) is 19.0 Å². The number of hydrogen-bond acceptors (Lipinski definition) is 2. The van der Waals surface area contributed by atoms with E-state index in [2.05, 4.69) is 65.1 Å². The Morgan fingerprint density at radius 2 is 1.05 bits per heavy atom. The van der Waals surface area contributed by atoms with Gasteiger partial charge < -0.3 is 0 Å². The van der Waals surface area contributed by atoms with Crippen molar-refractivity contribution in [2.24, 2.45) is 11.8 Å². The Balaban J connectivity index is 1.86. The summed E-state index contributed by atoms with van der Waals surface area (Å²) in [6.45, 7) is 14.5. The highest BCUT2D eigenvalue weighted by Gasteiger charge is 2.59. The Kier molecular flexibility index (Phi) is 3.59. The van der Waals surface area contributed by atoms with Gasteiger partial charge in [0, 0.05) is 19.0 Å². The van der Waals surface area contributed by atoms with Crippen LogP contribution in [-0.4, -0.2) is 19.0 Å². The second-order valence-electron chi connectivity index (χ2n) is 9.76. The largest absolute Gasteiger partial charge is 0.149 e. The molecule has 0 nitrogen and oxygen atoms in total. The number of hydrogen-bond donors (Lipinski definition) is 0. The van der Waals surface area contributed by atoms with Crippen LogP contribution in [0.25, 0.3) is 0 Å². The first-order valence-corrected chi connectivity index (χ1v) is 10.0. The molecule has 0 N–H and O–H groups in total. The Bertz CT molecular complexity index is 337. The molecule has 4 saturated carbocycles. The van der Waals surface area contributed by atoms with Crippen molar-refractivity contribution in [2.75, 3.05) is 0 Å². The molecule has 0 saturated heterocycles. The van der Waals surface area contributed by atoms with E-state index >= 15 is 0 Å². The third-order valence-electron chi connectivity index (χ3n) is 5.00. The molecule has 4 aliphatic rings. The van der Waals surface area contributed by atoms with E-state index in [4.69, 9.17) is 0 Å². The molecule has 4 fully saturated rings. The molecule has 4 rings (SSSR count). The molecule has 0 unspecified atom stereocenters. The maximum atomic E-state index is 2.42. The third kappa shape index (κ3) is 3.21. The molecule has 0 aromatic heterocycles. The summed E-state index contributed by atoms with van der Waals surface area (Å²) in [5.41, 5.74) is 0. The Morgan fingerprint density at radius 1 is 0.700 bits per heavy atom. The molecule has 0 aliphatic heterocycles. The summed E-state index contributed by atoms with van der Waals surface area (Å²) >= 11 is 4.65. The van der Waals surface area contributed by atoms with Crippen molar-refractivity contribution in [1.82, 2.24) is 0 Å². The van der Waals surface area contributed by atoms with Crippen molar-refractivity contribution in [3.8, 4) is 0 Å². The lowest BCUT2D eigenvalue weighted by Gasteiger charge is -2.63. The van der Waals surface area contributed by atoms with E-state index in [-0.39, 0.29) is 0 Å². The van der Waals surface area contributed by atoms with Crippen LogP contribution in [0.15, 0.2) is 0 Å². The maximum absolute atomic E-state index is 2.42. The predicted molar refractivity (Wildman–Crippen MR) is 94.8 cm³/mol. The van der Waals surface area contributed by atoms with Gasteiger partial charge in [0.25, 0.3) is 0 Å². The minimum Gasteiger partial charge on any atom is -0.149 e. The van der Waals surface area contributed by atoms with Crippen molar-refractivity contribution in [1.29, 1.82) is 0 Å². The minimum atomic E-state index is 0.416. The standard InChI is InChI=1S/C18H32S2/c1-15(2,3)19-17-8-13-7-14(9-17)11-18(10-13,12-17)20-16(4,5)6/h13-14H,7-12H2,1-6H3. The third-order valence-corrected chi connectivity index (χ3v) is 8.05. The molecular weight excluding hydrogens is 280 g/mol. The van der Waals surface area contributed by atoms with E-state index < -0.39 is 0 Å². The fourth-order valence-electron chi connectivity index (χ4n) is 5.63. The molecule has 20 heavy (non-hydrogen) atoms. The highest BCUT2D eigenvalue weighted by Crippen LogP contribution is 2.68. The van der Waals surface area contributed by atoms with Crippen LogP contribution in [0.5, 0.6) is 0 Å². The zero-order chi connectivity index (χ0) is 14.8. The van der Waals surface area contributed by atoms with Gasteiger partial charge in [0.2, 0.25) is 0 Å². The summed E-state index contributed by atoms with van der Waals surface area (Å²) in [5.74, 6) is 2.06. The van der Waals surface area contributed by atoms with Crippen molar-refractivity contribution < 1.29 is 0 Å². The van der Waals surface area contributed by atoms with Gasteiger partial charge in [-0.3, -0.25) is 0 Å². The lowest BCUT2D eigenvalue weighted by atomic mass is 9.55. The van der Waals surface area contributed by atoms with Gasteiger partial charge in [-0.25, -0.2) is 0 Å². The lowest BCUT2D eigenvalue weighted by molar-refractivity contribution is 0.0564. The zero-order valence-electron chi connectivity index (χ0n) is 14.2. The van der Waals surface area contributed by atoms with Crippen LogP contribution in [0.2, 0.25) is 0 Å². The molecule has 0 amide bonds. The van der Waals surface area contributed by atoms with Crippen LogP contribution < -0.4 is 0 Å². The van der Waals surface area contributed by atoms with Gasteiger partial charge in [0.05, 0.1) is 0 Å². The molecule has 0 aromatic rings. The number of rotatable bonds is 2. The minimum absolute atomic E-state index is 0.416. The Morgan fingerprint density at radius 3 is 1.35 bits per heavy atom. The van der Waals surface area contributed by atoms with Crippen LogP contribution >= 0.6 is 23.5 Å². The molecule has 116 valence electrons. The second kappa shape index (κ2) is 4.60. The smallest absolute Gasteiger partial charge is 0.0183 e. The highest BCUT2D eigenvalue weighted by atomic mass is 32.2. The predicted octanol–water partition coefficient (Wildman–Crippen LogP) is 6.14. The molecular formula is C18H32S2. The fraction of sp³-hybridized carbons (Fsp3) is 1.00. The summed E-state index contributed by atoms with van der Waals surface area (Å²) < 4.78 is 2.06. The number of thioether (sulfide) groups is 2. The summed E-state index contributed by atoms with van der Waals surface area (Å²) in [4.78, 5) is 0. The Hall–Kier alpha value is 0.700. The van der Waals surface area contributed by atoms with E-state index in [1.807, 2.05) is 0 Å². The molecule has 0 heterocycles. The van der Waals surface area contributed by atoms with Gasteiger partial charge in [-0.15, -0.1) is 23.5 Å². The van der Waals surface area contributed by atoms with Crippen LogP contribution in [0.4, 0.5) is 0 Å². The summed E-state index contributed by atoms with van der Waals surface area (Å²) in [5, 5.41) is 0. The van der Waals surface area contributed by atoms with Crippen molar-refractivity contribution in [2.45, 2.75) is 99.1 Å². The van der Waals surface area contributed by atoms with E-state index in [1.165, 1.54) is 32.1 Å².